The maximum absolute atomic E-state index is 15.1. The number of benzene rings is 3. The smallest absolute Gasteiger partial charge is 0.211 e. The van der Waals surface area contributed by atoms with Crippen LogP contribution in [0.5, 0.6) is 11.5 Å². The molecule has 3 aromatic carbocycles. The van der Waals surface area contributed by atoms with E-state index in [0.717, 1.165) is 36.0 Å². The fourth-order valence-electron chi connectivity index (χ4n) is 12.0. The summed E-state index contributed by atoms with van der Waals surface area (Å²) in [6.07, 6.45) is 12.3. The van der Waals surface area contributed by atoms with Crippen LogP contribution in [-0.4, -0.2) is 67.4 Å². The molecule has 9 heteroatoms. The van der Waals surface area contributed by atoms with Crippen LogP contribution in [0.15, 0.2) is 96.6 Å². The number of carbonyl (C=O) groups excluding carboxylic acids is 1. The molecule has 0 amide bonds. The molecule has 0 saturated heterocycles. The van der Waals surface area contributed by atoms with E-state index in [-0.39, 0.29) is 36.1 Å². The van der Waals surface area contributed by atoms with Gasteiger partial charge in [-0.15, -0.1) is 0 Å². The zero-order chi connectivity index (χ0) is 38.3. The molecule has 0 aromatic heterocycles. The molecule has 2 bridgehead atoms. The molecule has 2 N–H and O–H groups in total. The summed E-state index contributed by atoms with van der Waals surface area (Å²) in [5, 5.41) is 24.0. The summed E-state index contributed by atoms with van der Waals surface area (Å²) in [4.78, 5) is 15.1. The quantitative estimate of drug-likeness (QED) is 0.162. The van der Waals surface area contributed by atoms with Crippen LogP contribution >= 0.6 is 0 Å². The molecule has 54 heavy (non-hydrogen) atoms. The van der Waals surface area contributed by atoms with Crippen molar-refractivity contribution >= 4 is 15.8 Å². The van der Waals surface area contributed by atoms with E-state index in [2.05, 4.69) is 44.2 Å². The third kappa shape index (κ3) is 5.40. The van der Waals surface area contributed by atoms with Crippen molar-refractivity contribution < 1.29 is 32.9 Å². The lowest BCUT2D eigenvalue weighted by molar-refractivity contribution is -0.173. The van der Waals surface area contributed by atoms with Crippen molar-refractivity contribution in [1.29, 1.82) is 0 Å². The first-order valence-corrected chi connectivity index (χ1v) is 21.2. The highest BCUT2D eigenvalue weighted by atomic mass is 32.2. The van der Waals surface area contributed by atoms with Crippen molar-refractivity contribution in [2.75, 3.05) is 27.0 Å². The maximum atomic E-state index is 15.1. The van der Waals surface area contributed by atoms with E-state index in [4.69, 9.17) is 9.47 Å². The number of Topliss-reactive ketones (excluding diaryl/α,β-unsaturated/α-hetero) is 1. The molecule has 6 aliphatic rings. The number of ketones is 1. The van der Waals surface area contributed by atoms with E-state index in [1.807, 2.05) is 42.5 Å². The van der Waals surface area contributed by atoms with Gasteiger partial charge in [-0.25, -0.2) is 8.42 Å². The van der Waals surface area contributed by atoms with Gasteiger partial charge in [0.1, 0.15) is 11.5 Å². The minimum absolute atomic E-state index is 0.00509. The number of aliphatic hydroxyl groups excluding tert-OH is 1. The minimum Gasteiger partial charge on any atom is -0.497 e. The molecular formula is C45H53NO7S. The first-order valence-electron chi connectivity index (χ1n) is 19.3. The standard InChI is InChI=1S/C45H53NO7S/c1-41-20-17-34(47)26-43(41)23-24-45(36(27-43)40(48)32-13-11-31(12-14-32)30-9-7-6-8-10-30)38(41)18-21-42(2)39(45)19-22-44(42,49)29-46(54(5,50)51)28-33-15-16-35(52-3)25-37(33)53-4/h6-16,23-25,27,34,38-39,47,49H,17-22,26,28-29H2,1-5H3. The third-order valence-electron chi connectivity index (χ3n) is 15.0. The molecule has 9 rings (SSSR count). The second-order valence-corrected chi connectivity index (χ2v) is 19.3. The van der Waals surface area contributed by atoms with Crippen molar-refractivity contribution in [3.05, 3.63) is 108 Å². The summed E-state index contributed by atoms with van der Waals surface area (Å²) in [6.45, 7) is 4.47. The Balaban J connectivity index is 1.19. The van der Waals surface area contributed by atoms with Gasteiger partial charge in [0.05, 0.1) is 32.2 Å². The number of nitrogens with zero attached hydrogens (tertiary/aromatic N) is 1. The number of allylic oxidation sites excluding steroid dienone is 4. The molecule has 2 spiro atoms. The Morgan fingerprint density at radius 3 is 2.20 bits per heavy atom. The van der Waals surface area contributed by atoms with E-state index in [0.29, 0.717) is 48.3 Å². The Hall–Kier alpha value is -3.76. The summed E-state index contributed by atoms with van der Waals surface area (Å²) < 4.78 is 39.4. The zero-order valence-corrected chi connectivity index (χ0v) is 32.9. The van der Waals surface area contributed by atoms with Gasteiger partial charge in [0.25, 0.3) is 0 Å². The average Bonchev–Trinajstić information content (AvgIpc) is 3.44. The molecule has 8 unspecified atom stereocenters. The number of methoxy groups -OCH3 is 2. The first kappa shape index (κ1) is 37.2. The van der Waals surface area contributed by atoms with E-state index >= 15 is 4.79 Å². The zero-order valence-electron chi connectivity index (χ0n) is 32.0. The van der Waals surface area contributed by atoms with Gasteiger partial charge in [-0.3, -0.25) is 4.79 Å². The molecule has 0 radical (unpaired) electrons. The highest BCUT2D eigenvalue weighted by Crippen LogP contribution is 2.78. The van der Waals surface area contributed by atoms with E-state index in [1.165, 1.54) is 10.6 Å². The molecule has 8 nitrogen and oxygen atoms in total. The van der Waals surface area contributed by atoms with Crippen LogP contribution in [-0.2, 0) is 16.6 Å². The van der Waals surface area contributed by atoms with E-state index in [1.54, 1.807) is 32.4 Å². The molecule has 3 fully saturated rings. The number of ether oxygens (including phenoxy) is 2. The van der Waals surface area contributed by atoms with Gasteiger partial charge >= 0.3 is 0 Å². The Bertz CT molecular complexity index is 2130. The largest absolute Gasteiger partial charge is 0.497 e. The van der Waals surface area contributed by atoms with Crippen molar-refractivity contribution in [2.45, 2.75) is 77.0 Å². The molecule has 0 aliphatic heterocycles. The molecule has 8 atom stereocenters. The molecule has 6 aliphatic carbocycles. The van der Waals surface area contributed by atoms with Crippen LogP contribution in [0, 0.1) is 33.5 Å². The predicted octanol–water partition coefficient (Wildman–Crippen LogP) is 7.61. The monoisotopic (exact) mass is 751 g/mol. The molecule has 3 saturated carbocycles. The maximum Gasteiger partial charge on any atom is 0.211 e. The van der Waals surface area contributed by atoms with E-state index < -0.39 is 38.0 Å². The lowest BCUT2D eigenvalue weighted by Crippen LogP contribution is -2.67. The lowest BCUT2D eigenvalue weighted by Gasteiger charge is -2.71. The Morgan fingerprint density at radius 1 is 0.852 bits per heavy atom. The van der Waals surface area contributed by atoms with Crippen LogP contribution in [0.25, 0.3) is 11.1 Å². The van der Waals surface area contributed by atoms with Crippen molar-refractivity contribution in [3.8, 4) is 22.6 Å². The Kier molecular flexibility index (Phi) is 8.88. The number of rotatable bonds is 10. The molecule has 0 heterocycles. The van der Waals surface area contributed by atoms with Gasteiger partial charge in [-0.2, -0.15) is 4.31 Å². The summed E-state index contributed by atoms with van der Waals surface area (Å²) in [5.74, 6) is 1.13. The van der Waals surface area contributed by atoms with Gasteiger partial charge in [-0.1, -0.05) is 92.7 Å². The second kappa shape index (κ2) is 12.9. The van der Waals surface area contributed by atoms with Crippen LogP contribution in [0.1, 0.15) is 74.7 Å². The molecule has 3 aromatic rings. The minimum atomic E-state index is -3.76. The van der Waals surface area contributed by atoms with Gasteiger partial charge < -0.3 is 19.7 Å². The van der Waals surface area contributed by atoms with Crippen molar-refractivity contribution in [2.24, 2.45) is 33.5 Å². The fourth-order valence-corrected chi connectivity index (χ4v) is 12.8. The second-order valence-electron chi connectivity index (χ2n) is 17.3. The summed E-state index contributed by atoms with van der Waals surface area (Å²) in [6, 6.07) is 23.3. The summed E-state index contributed by atoms with van der Waals surface area (Å²) >= 11 is 0. The number of carbonyl (C=O) groups is 1. The van der Waals surface area contributed by atoms with Gasteiger partial charge in [0, 0.05) is 52.1 Å². The van der Waals surface area contributed by atoms with Gasteiger partial charge in [0.15, 0.2) is 5.78 Å². The molecule has 286 valence electrons. The van der Waals surface area contributed by atoms with Crippen LogP contribution in [0.3, 0.4) is 0 Å². The topological polar surface area (TPSA) is 113 Å². The van der Waals surface area contributed by atoms with Gasteiger partial charge in [-0.05, 0) is 79.4 Å². The van der Waals surface area contributed by atoms with Crippen LogP contribution in [0.2, 0.25) is 0 Å². The molecular weight excluding hydrogens is 699 g/mol. The Morgan fingerprint density at radius 2 is 1.52 bits per heavy atom. The highest BCUT2D eigenvalue weighted by molar-refractivity contribution is 7.88. The van der Waals surface area contributed by atoms with Crippen molar-refractivity contribution in [3.63, 3.8) is 0 Å². The van der Waals surface area contributed by atoms with E-state index in [9.17, 15) is 18.6 Å². The van der Waals surface area contributed by atoms with Crippen molar-refractivity contribution in [1.82, 2.24) is 4.31 Å². The highest BCUT2D eigenvalue weighted by Gasteiger charge is 2.74. The number of hydrogen-bond acceptors (Lipinski definition) is 7. The van der Waals surface area contributed by atoms with Crippen LogP contribution in [0.4, 0.5) is 0 Å². The van der Waals surface area contributed by atoms with Crippen LogP contribution < -0.4 is 9.47 Å². The Labute approximate surface area is 319 Å². The number of fused-ring (bicyclic) bond motifs is 1. The fraction of sp³-hybridized carbons (Fsp3) is 0.489. The summed E-state index contributed by atoms with van der Waals surface area (Å²) in [5.41, 5.74) is 0.884. The third-order valence-corrected chi connectivity index (χ3v) is 16.2. The average molecular weight is 752 g/mol. The SMILES string of the molecule is COc1ccc(CN(CC2(O)CCC3C45C=CC6(C=C4C(=O)c4ccc(-c7ccccc7)cc4)CC(O)CCC6(C)C5CCC32C)S(C)(=O)=O)c(OC)c1. The number of hydrogen-bond donors (Lipinski definition) is 2. The predicted molar refractivity (Wildman–Crippen MR) is 210 cm³/mol. The number of sulfonamides is 1. The lowest BCUT2D eigenvalue weighted by atomic mass is 9.32. The van der Waals surface area contributed by atoms with Gasteiger partial charge in [0.2, 0.25) is 10.0 Å². The normalized spacial score (nSPS) is 35.2. The first-order chi connectivity index (χ1) is 25.6. The number of aliphatic hydroxyl groups is 2. The summed E-state index contributed by atoms with van der Waals surface area (Å²) in [7, 11) is -0.647.